The van der Waals surface area contributed by atoms with Gasteiger partial charge in [0.25, 0.3) is 0 Å². The van der Waals surface area contributed by atoms with Crippen LogP contribution in [0.4, 0.5) is 5.69 Å². The summed E-state index contributed by atoms with van der Waals surface area (Å²) in [5.74, 6) is 0. The Morgan fingerprint density at radius 1 is 1.58 bits per heavy atom. The maximum atomic E-state index is 10.6. The summed E-state index contributed by atoms with van der Waals surface area (Å²) in [5.41, 5.74) is 3.82. The summed E-state index contributed by atoms with van der Waals surface area (Å²) >= 11 is 3.25. The molecule has 0 spiro atoms. The van der Waals surface area contributed by atoms with E-state index in [-0.39, 0.29) is 0 Å². The van der Waals surface area contributed by atoms with E-state index in [1.54, 1.807) is 12.1 Å². The van der Waals surface area contributed by atoms with Crippen LogP contribution in [0.15, 0.2) is 22.7 Å². The maximum Gasteiger partial charge on any atom is 0.153 e. The molecule has 0 aliphatic carbocycles. The molecular formula is C8H8BrNO2. The molecule has 4 heteroatoms. The molecule has 0 atom stereocenters. The average Bonchev–Trinajstić information content (AvgIpc) is 2.05. The largest absolute Gasteiger partial charge is 0.298 e. The molecule has 0 aromatic heterocycles. The number of rotatable bonds is 3. The monoisotopic (exact) mass is 229 g/mol. The number of hydrogen-bond acceptors (Lipinski definition) is 3. The summed E-state index contributed by atoms with van der Waals surface area (Å²) in [6.45, 7) is 0. The average molecular weight is 230 g/mol. The molecule has 1 aromatic carbocycles. The van der Waals surface area contributed by atoms with E-state index in [2.05, 4.69) is 21.4 Å². The van der Waals surface area contributed by atoms with Crippen molar-refractivity contribution in [2.24, 2.45) is 0 Å². The molecule has 0 radical (unpaired) electrons. The zero-order valence-electron chi connectivity index (χ0n) is 6.50. The minimum absolute atomic E-state index is 0.555. The molecule has 0 aliphatic heterocycles. The predicted molar refractivity (Wildman–Crippen MR) is 50.2 cm³/mol. The number of anilines is 1. The zero-order chi connectivity index (χ0) is 8.97. The van der Waals surface area contributed by atoms with E-state index in [1.165, 1.54) is 7.11 Å². The van der Waals surface area contributed by atoms with Crippen LogP contribution in [0.5, 0.6) is 0 Å². The van der Waals surface area contributed by atoms with Crippen LogP contribution in [0.25, 0.3) is 0 Å². The molecule has 12 heavy (non-hydrogen) atoms. The lowest BCUT2D eigenvalue weighted by molar-refractivity contribution is 0.112. The topological polar surface area (TPSA) is 38.3 Å². The van der Waals surface area contributed by atoms with Crippen molar-refractivity contribution in [1.29, 1.82) is 0 Å². The number of benzene rings is 1. The normalized spacial score (nSPS) is 9.50. The quantitative estimate of drug-likeness (QED) is 0.639. The van der Waals surface area contributed by atoms with Crippen LogP contribution in [-0.4, -0.2) is 13.4 Å². The van der Waals surface area contributed by atoms with Crippen molar-refractivity contribution >= 4 is 27.9 Å². The van der Waals surface area contributed by atoms with E-state index in [0.29, 0.717) is 11.3 Å². The second-order valence-electron chi connectivity index (χ2n) is 2.13. The van der Waals surface area contributed by atoms with Crippen LogP contribution in [0.2, 0.25) is 0 Å². The minimum atomic E-state index is 0.555. The van der Waals surface area contributed by atoms with Gasteiger partial charge in [-0.3, -0.25) is 15.1 Å². The molecule has 0 fully saturated rings. The molecule has 0 heterocycles. The summed E-state index contributed by atoms with van der Waals surface area (Å²) < 4.78 is 0.750. The maximum absolute atomic E-state index is 10.6. The van der Waals surface area contributed by atoms with Crippen LogP contribution in [0.1, 0.15) is 10.4 Å². The second kappa shape index (κ2) is 4.23. The predicted octanol–water partition coefficient (Wildman–Crippen LogP) is 2.23. The third-order valence-electron chi connectivity index (χ3n) is 1.38. The van der Waals surface area contributed by atoms with E-state index < -0.39 is 0 Å². The number of hydrogen-bond donors (Lipinski definition) is 1. The molecule has 0 saturated heterocycles. The Bertz CT molecular complexity index is 288. The minimum Gasteiger partial charge on any atom is -0.298 e. The van der Waals surface area contributed by atoms with Crippen molar-refractivity contribution in [1.82, 2.24) is 0 Å². The molecule has 0 unspecified atom stereocenters. The molecule has 64 valence electrons. The van der Waals surface area contributed by atoms with Crippen LogP contribution < -0.4 is 5.48 Å². The van der Waals surface area contributed by atoms with Crippen LogP contribution >= 0.6 is 15.9 Å². The van der Waals surface area contributed by atoms with Gasteiger partial charge in [0.05, 0.1) is 18.4 Å². The molecule has 1 rings (SSSR count). The summed E-state index contributed by atoms with van der Waals surface area (Å²) in [4.78, 5) is 15.3. The molecule has 3 nitrogen and oxygen atoms in total. The lowest BCUT2D eigenvalue weighted by atomic mass is 10.2. The molecule has 0 amide bonds. The first-order valence-electron chi connectivity index (χ1n) is 3.32. The summed E-state index contributed by atoms with van der Waals surface area (Å²) in [6, 6.07) is 5.38. The number of aldehydes is 1. The fourth-order valence-corrected chi connectivity index (χ4v) is 1.32. The van der Waals surface area contributed by atoms with E-state index in [9.17, 15) is 4.79 Å². The van der Waals surface area contributed by atoms with E-state index in [0.717, 1.165) is 10.8 Å². The van der Waals surface area contributed by atoms with Crippen LogP contribution in [0.3, 0.4) is 0 Å². The highest BCUT2D eigenvalue weighted by atomic mass is 79.9. The number of halogens is 1. The summed E-state index contributed by atoms with van der Waals surface area (Å²) in [7, 11) is 1.50. The van der Waals surface area contributed by atoms with Gasteiger partial charge in [-0.25, -0.2) is 0 Å². The SMILES string of the molecule is CONc1cccc(Br)c1C=O. The lowest BCUT2D eigenvalue weighted by Crippen LogP contribution is -1.99. The Kier molecular flexibility index (Phi) is 3.25. The molecule has 0 aliphatic rings. The fraction of sp³-hybridized carbons (Fsp3) is 0.125. The van der Waals surface area contributed by atoms with Crippen molar-refractivity contribution in [3.8, 4) is 0 Å². The number of nitrogens with one attached hydrogen (secondary N) is 1. The molecular weight excluding hydrogens is 222 g/mol. The Morgan fingerprint density at radius 2 is 2.33 bits per heavy atom. The molecule has 1 aromatic rings. The molecule has 1 N–H and O–H groups in total. The Hall–Kier alpha value is -0.870. The van der Waals surface area contributed by atoms with Crippen molar-refractivity contribution in [2.45, 2.75) is 0 Å². The fourth-order valence-electron chi connectivity index (χ4n) is 0.856. The van der Waals surface area contributed by atoms with E-state index >= 15 is 0 Å². The van der Waals surface area contributed by atoms with Crippen LogP contribution in [0, 0.1) is 0 Å². The third-order valence-corrected chi connectivity index (χ3v) is 2.07. The highest BCUT2D eigenvalue weighted by Crippen LogP contribution is 2.22. The van der Waals surface area contributed by atoms with Gasteiger partial charge in [0, 0.05) is 4.47 Å². The second-order valence-corrected chi connectivity index (χ2v) is 2.98. The summed E-state index contributed by atoms with van der Waals surface area (Å²) in [6.07, 6.45) is 0.769. The first-order valence-corrected chi connectivity index (χ1v) is 4.11. The van der Waals surface area contributed by atoms with Crippen molar-refractivity contribution in [3.63, 3.8) is 0 Å². The first kappa shape index (κ1) is 9.22. The zero-order valence-corrected chi connectivity index (χ0v) is 8.09. The summed E-state index contributed by atoms with van der Waals surface area (Å²) in [5, 5.41) is 0. The van der Waals surface area contributed by atoms with Crippen LogP contribution in [-0.2, 0) is 4.84 Å². The van der Waals surface area contributed by atoms with Gasteiger partial charge < -0.3 is 0 Å². The van der Waals surface area contributed by atoms with E-state index in [4.69, 9.17) is 4.84 Å². The highest BCUT2D eigenvalue weighted by Gasteiger charge is 2.03. The smallest absolute Gasteiger partial charge is 0.153 e. The van der Waals surface area contributed by atoms with Gasteiger partial charge in [-0.15, -0.1) is 0 Å². The van der Waals surface area contributed by atoms with Gasteiger partial charge in [-0.1, -0.05) is 6.07 Å². The Labute approximate surface area is 78.8 Å². The van der Waals surface area contributed by atoms with Crippen molar-refractivity contribution < 1.29 is 9.63 Å². The lowest BCUT2D eigenvalue weighted by Gasteiger charge is -2.06. The Morgan fingerprint density at radius 3 is 2.92 bits per heavy atom. The van der Waals surface area contributed by atoms with Gasteiger partial charge in [0.1, 0.15) is 0 Å². The number of carbonyl (C=O) groups excluding carboxylic acids is 1. The van der Waals surface area contributed by atoms with Gasteiger partial charge in [-0.2, -0.15) is 0 Å². The number of carbonyl (C=O) groups is 1. The van der Waals surface area contributed by atoms with Crippen molar-refractivity contribution in [3.05, 3.63) is 28.2 Å². The van der Waals surface area contributed by atoms with Crippen molar-refractivity contribution in [2.75, 3.05) is 12.6 Å². The van der Waals surface area contributed by atoms with Gasteiger partial charge in [-0.05, 0) is 28.1 Å². The highest BCUT2D eigenvalue weighted by molar-refractivity contribution is 9.10. The first-order chi connectivity index (χ1) is 5.79. The standard InChI is InChI=1S/C8H8BrNO2/c1-12-10-8-4-2-3-7(9)6(8)5-11/h2-5,10H,1H3. The van der Waals surface area contributed by atoms with Gasteiger partial charge >= 0.3 is 0 Å². The molecule has 0 saturated carbocycles. The Balaban J connectivity index is 3.09. The van der Waals surface area contributed by atoms with E-state index in [1.807, 2.05) is 6.07 Å². The third kappa shape index (κ3) is 1.84. The molecule has 0 bridgehead atoms. The van der Waals surface area contributed by atoms with Gasteiger partial charge in [0.15, 0.2) is 6.29 Å². The van der Waals surface area contributed by atoms with Gasteiger partial charge in [0.2, 0.25) is 0 Å².